The van der Waals surface area contributed by atoms with E-state index in [0.29, 0.717) is 29.6 Å². The van der Waals surface area contributed by atoms with Gasteiger partial charge in [-0.25, -0.2) is 0 Å². The summed E-state index contributed by atoms with van der Waals surface area (Å²) < 4.78 is 29.9. The highest BCUT2D eigenvalue weighted by atomic mass is 79.9. The van der Waals surface area contributed by atoms with Crippen molar-refractivity contribution >= 4 is 84.9 Å². The van der Waals surface area contributed by atoms with Crippen LogP contribution >= 0.6 is 15.9 Å². The van der Waals surface area contributed by atoms with E-state index in [2.05, 4.69) is 47.5 Å². The van der Waals surface area contributed by atoms with Gasteiger partial charge in [0.25, 0.3) is 11.6 Å². The van der Waals surface area contributed by atoms with Crippen molar-refractivity contribution < 1.29 is 67.3 Å². The molecular weight excluding hydrogens is 1170 g/mol. The van der Waals surface area contributed by atoms with Crippen LogP contribution in [0.15, 0.2) is 100 Å². The van der Waals surface area contributed by atoms with Crippen molar-refractivity contribution in [3.05, 3.63) is 132 Å². The van der Waals surface area contributed by atoms with Crippen LogP contribution in [0.2, 0.25) is 0 Å². The number of aliphatic hydroxyl groups excluding tert-OH is 1. The number of esters is 2. The molecule has 8 atom stereocenters. The fourth-order valence-electron chi connectivity index (χ4n) is 9.52. The van der Waals surface area contributed by atoms with Crippen molar-refractivity contribution in [1.82, 2.24) is 31.6 Å². The maximum absolute atomic E-state index is 13.6. The molecule has 0 bridgehead atoms. The van der Waals surface area contributed by atoms with E-state index < -0.39 is 107 Å². The molecule has 0 unspecified atom stereocenters. The number of primary amides is 1. The number of nitro groups is 1. The van der Waals surface area contributed by atoms with Crippen molar-refractivity contribution in [2.24, 2.45) is 5.73 Å². The molecule has 458 valence electrons. The Kier molecular flexibility index (Phi) is 26.4. The van der Waals surface area contributed by atoms with Crippen LogP contribution in [0.4, 0.5) is 5.69 Å². The number of pyridine rings is 1. The van der Waals surface area contributed by atoms with Gasteiger partial charge in [-0.3, -0.25) is 48.5 Å². The van der Waals surface area contributed by atoms with Gasteiger partial charge in [0.2, 0.25) is 29.1 Å². The number of ether oxygens (including phenoxy) is 5. The highest BCUT2D eigenvalue weighted by molar-refractivity contribution is 9.10. The fourth-order valence-corrected chi connectivity index (χ4v) is 9.88. The Bertz CT molecular complexity index is 3150. The molecule has 1 aliphatic rings. The lowest BCUT2D eigenvalue weighted by molar-refractivity contribution is -0.383. The zero-order valence-electron chi connectivity index (χ0n) is 47.8. The number of aromatic amines is 1. The van der Waals surface area contributed by atoms with E-state index in [4.69, 9.17) is 29.4 Å². The van der Waals surface area contributed by atoms with Gasteiger partial charge in [-0.15, -0.1) is 0 Å². The Balaban J connectivity index is 0.895. The molecule has 6 rings (SSSR count). The lowest BCUT2D eigenvalue weighted by Crippen LogP contribution is -2.66. The molecule has 0 radical (unpaired) electrons. The molecule has 5 aromatic rings. The molecular formula is C60H75BrN8O16. The number of aromatic nitrogens is 1. The molecule has 85 heavy (non-hydrogen) atoms. The first-order valence-electron chi connectivity index (χ1n) is 28.4. The van der Waals surface area contributed by atoms with Gasteiger partial charge in [0.1, 0.15) is 61.1 Å². The average molecular weight is 1240 g/mol. The Labute approximate surface area is 499 Å². The number of benzene rings is 4. The van der Waals surface area contributed by atoms with Crippen molar-refractivity contribution in [1.29, 1.82) is 0 Å². The SMILES string of the molecule is CC(=O)N[C@H]1[C@H](OCc2ccccc2)O[C@H](COC(=O)CCNCCCCCCCCCCNC(=O)c2ccc([N+](=O)[O-])c3c(=O)c4ccc(Br)cc4[nH]c23)[C@@H](O)[C@@H]1O[C@H](C)C(=O)N[C@@H](C)C(=O)N[C@H](CCC(=O)OCc1ccccc1)C(N)=O. The van der Waals surface area contributed by atoms with Crippen LogP contribution in [0.5, 0.6) is 0 Å². The summed E-state index contributed by atoms with van der Waals surface area (Å²) in [5.41, 5.74) is 6.84. The number of aliphatic hydroxyl groups is 1. The first kappa shape index (κ1) is 66.5. The molecule has 1 aliphatic heterocycles. The summed E-state index contributed by atoms with van der Waals surface area (Å²) in [5.74, 6) is -4.67. The molecule has 1 saturated heterocycles. The van der Waals surface area contributed by atoms with E-state index in [1.165, 1.54) is 32.9 Å². The summed E-state index contributed by atoms with van der Waals surface area (Å²) >= 11 is 3.38. The maximum atomic E-state index is 13.6. The fraction of sp³-hybridized carbons (Fsp3) is 0.467. The van der Waals surface area contributed by atoms with Gasteiger partial charge < -0.3 is 66.1 Å². The summed E-state index contributed by atoms with van der Waals surface area (Å²) in [6.07, 6.45) is 0.262. The Morgan fingerprint density at radius 2 is 1.42 bits per heavy atom. The minimum absolute atomic E-state index is 0.00728. The third-order valence-corrected chi connectivity index (χ3v) is 14.6. The lowest BCUT2D eigenvalue weighted by Gasteiger charge is -2.45. The second kappa shape index (κ2) is 33.7. The van der Waals surface area contributed by atoms with Gasteiger partial charge in [0.05, 0.1) is 34.5 Å². The first-order chi connectivity index (χ1) is 40.8. The van der Waals surface area contributed by atoms with Gasteiger partial charge in [0.15, 0.2) is 6.29 Å². The average Bonchev–Trinajstić information content (AvgIpc) is 2.55. The van der Waals surface area contributed by atoms with Crippen molar-refractivity contribution in [2.45, 2.75) is 153 Å². The summed E-state index contributed by atoms with van der Waals surface area (Å²) in [6, 6.07) is 21.8. The third-order valence-electron chi connectivity index (χ3n) is 14.1. The monoisotopic (exact) mass is 1240 g/mol. The highest BCUT2D eigenvalue weighted by Gasteiger charge is 2.49. The molecule has 0 saturated carbocycles. The zero-order valence-corrected chi connectivity index (χ0v) is 49.4. The number of amides is 5. The second-order valence-corrected chi connectivity index (χ2v) is 21.6. The summed E-state index contributed by atoms with van der Waals surface area (Å²) in [5, 5.41) is 37.4. The van der Waals surface area contributed by atoms with Crippen LogP contribution in [0, 0.1) is 10.1 Å². The molecule has 1 aromatic heterocycles. The van der Waals surface area contributed by atoms with E-state index in [1.807, 2.05) is 36.4 Å². The van der Waals surface area contributed by atoms with Crippen LogP contribution in [-0.2, 0) is 65.7 Å². The minimum atomic E-state index is -1.59. The van der Waals surface area contributed by atoms with Gasteiger partial charge in [-0.05, 0) is 75.0 Å². The number of nitrogens with two attached hydrogens (primary N) is 1. The van der Waals surface area contributed by atoms with E-state index in [0.717, 1.165) is 62.5 Å². The lowest BCUT2D eigenvalue weighted by atomic mass is 9.96. The van der Waals surface area contributed by atoms with Crippen molar-refractivity contribution in [3.8, 4) is 0 Å². The molecule has 24 nitrogen and oxygen atoms in total. The largest absolute Gasteiger partial charge is 0.463 e. The summed E-state index contributed by atoms with van der Waals surface area (Å²) in [7, 11) is 0. The highest BCUT2D eigenvalue weighted by Crippen LogP contribution is 2.29. The summed E-state index contributed by atoms with van der Waals surface area (Å²) in [4.78, 5) is 118. The standard InChI is InChI=1S/C60H75BrN8O16/c1-36(57(76)68-44(56(62)75)25-27-48(71)81-33-39-18-12-10-13-19-39)65-58(77)37(2)84-55-52(66-38(3)70)60(83-34-40-20-14-11-15-21-40)85-47(54(55)74)35-82-49(72)28-31-63-29-16-8-6-4-5-7-9-17-30-64-59(78)43-24-26-46(69(79)80)50-51(43)67-45-32-41(61)22-23-42(45)53(50)73/h10-15,18-24,26,32,36-37,44,47,52,54-55,60,63,74H,4-9,16-17,25,27-31,33-35H2,1-3H3,(H2,62,75)(H,64,78)(H,65,77)(H,66,70)(H,67,73)(H,68,76)/t36-,37+,44+,47+,52+,54+,55+,60+/m0/s1. The summed E-state index contributed by atoms with van der Waals surface area (Å²) in [6.45, 7) is 4.95. The molecule has 0 aliphatic carbocycles. The van der Waals surface area contributed by atoms with Crippen LogP contribution < -0.4 is 37.7 Å². The number of non-ortho nitro benzene ring substituents is 1. The predicted octanol–water partition coefficient (Wildman–Crippen LogP) is 5.30. The number of nitrogens with zero attached hydrogens (tertiary/aromatic N) is 1. The predicted molar refractivity (Wildman–Crippen MR) is 316 cm³/mol. The van der Waals surface area contributed by atoms with Crippen LogP contribution in [0.1, 0.15) is 113 Å². The number of carbonyl (C=O) groups excluding carboxylic acids is 7. The van der Waals surface area contributed by atoms with Gasteiger partial charge in [-0.1, -0.05) is 115 Å². The second-order valence-electron chi connectivity index (χ2n) is 20.7. The first-order valence-corrected chi connectivity index (χ1v) is 29.2. The quantitative estimate of drug-likeness (QED) is 0.00851. The van der Waals surface area contributed by atoms with E-state index in [9.17, 15) is 53.6 Å². The van der Waals surface area contributed by atoms with Crippen LogP contribution in [-0.4, -0.2) is 132 Å². The van der Waals surface area contributed by atoms with E-state index >= 15 is 0 Å². The Morgan fingerprint density at radius 1 is 0.788 bits per heavy atom. The minimum Gasteiger partial charge on any atom is -0.463 e. The van der Waals surface area contributed by atoms with Crippen LogP contribution in [0.3, 0.4) is 0 Å². The van der Waals surface area contributed by atoms with E-state index in [-0.39, 0.29) is 60.0 Å². The number of halogens is 1. The zero-order chi connectivity index (χ0) is 61.4. The Morgan fingerprint density at radius 3 is 2.07 bits per heavy atom. The Hall–Kier alpha value is -7.68. The number of nitro benzene ring substituents is 1. The third kappa shape index (κ3) is 20.5. The van der Waals surface area contributed by atoms with Crippen molar-refractivity contribution in [3.63, 3.8) is 0 Å². The van der Waals surface area contributed by atoms with Gasteiger partial charge in [0, 0.05) is 42.4 Å². The molecule has 1 fully saturated rings. The maximum Gasteiger partial charge on any atom is 0.307 e. The molecule has 4 aromatic carbocycles. The number of fused-ring (bicyclic) bond motifs is 2. The number of H-pyrrole nitrogens is 1. The smallest absolute Gasteiger partial charge is 0.307 e. The number of rotatable bonds is 34. The van der Waals surface area contributed by atoms with Crippen molar-refractivity contribution in [2.75, 3.05) is 26.2 Å². The normalized spacial score (nSPS) is 17.7. The molecule has 2 heterocycles. The number of nitrogens with one attached hydrogen (secondary N) is 6. The molecule has 0 spiro atoms. The van der Waals surface area contributed by atoms with Gasteiger partial charge in [-0.2, -0.15) is 0 Å². The topological polar surface area (TPSA) is 348 Å². The molecule has 5 amide bonds. The van der Waals surface area contributed by atoms with E-state index in [1.54, 1.807) is 42.5 Å². The van der Waals surface area contributed by atoms with Gasteiger partial charge >= 0.3 is 11.9 Å². The number of hydrogen-bond acceptors (Lipinski definition) is 17. The number of unbranched alkanes of at least 4 members (excludes halogenated alkanes) is 7. The number of carbonyl (C=O) groups is 7. The van der Waals surface area contributed by atoms with Crippen LogP contribution in [0.25, 0.3) is 21.8 Å². The molecule has 25 heteroatoms. The number of hydrogen-bond donors (Lipinski definition) is 8. The molecule has 9 N–H and O–H groups in total.